The van der Waals surface area contributed by atoms with E-state index in [1.165, 1.54) is 12.1 Å². The number of aromatic nitrogens is 6. The van der Waals surface area contributed by atoms with E-state index in [1.54, 1.807) is 41.9 Å². The van der Waals surface area contributed by atoms with E-state index in [0.717, 1.165) is 16.9 Å². The number of amides is 1. The predicted molar refractivity (Wildman–Crippen MR) is 122 cm³/mol. The molecular weight excluding hydrogens is 437 g/mol. The van der Waals surface area contributed by atoms with Gasteiger partial charge in [-0.2, -0.15) is 5.10 Å². The van der Waals surface area contributed by atoms with Crippen LogP contribution in [0.4, 0.5) is 10.2 Å². The van der Waals surface area contributed by atoms with Crippen LogP contribution < -0.4 is 5.32 Å². The van der Waals surface area contributed by atoms with E-state index in [9.17, 15) is 9.18 Å². The Hall–Kier alpha value is -4.86. The number of nitrogens with one attached hydrogen (secondary N) is 1. The lowest BCUT2D eigenvalue weighted by molar-refractivity contribution is 0.0987. The molecule has 0 radical (unpaired) electrons. The van der Waals surface area contributed by atoms with E-state index in [-0.39, 0.29) is 11.6 Å². The van der Waals surface area contributed by atoms with Crippen LogP contribution in [0.25, 0.3) is 33.9 Å². The van der Waals surface area contributed by atoms with Gasteiger partial charge in [-0.1, -0.05) is 11.2 Å². The van der Waals surface area contributed by atoms with Crippen LogP contribution >= 0.6 is 0 Å². The van der Waals surface area contributed by atoms with Crippen molar-refractivity contribution in [2.24, 2.45) is 0 Å². The lowest BCUT2D eigenvalue weighted by Crippen LogP contribution is -2.11. The summed E-state index contributed by atoms with van der Waals surface area (Å²) in [6.45, 7) is 1.73. The molecule has 5 aromatic heterocycles. The maximum absolute atomic E-state index is 13.5. The van der Waals surface area contributed by atoms with Crippen LogP contribution in [0.2, 0.25) is 0 Å². The van der Waals surface area contributed by atoms with Gasteiger partial charge in [0.2, 0.25) is 5.76 Å². The van der Waals surface area contributed by atoms with E-state index in [4.69, 9.17) is 14.6 Å². The Morgan fingerprint density at radius 1 is 1.03 bits per heavy atom. The van der Waals surface area contributed by atoms with Gasteiger partial charge in [-0.15, -0.1) is 0 Å². The van der Waals surface area contributed by atoms with Gasteiger partial charge in [-0.25, -0.2) is 18.9 Å². The van der Waals surface area contributed by atoms with E-state index in [0.29, 0.717) is 28.5 Å². The number of fused-ring (bicyclic) bond motifs is 2. The molecule has 10 heteroatoms. The molecular formula is C24H16FN7O2. The molecule has 0 aliphatic heterocycles. The molecule has 1 N–H and O–H groups in total. The zero-order valence-electron chi connectivity index (χ0n) is 17.8. The van der Waals surface area contributed by atoms with Crippen LogP contribution in [0.5, 0.6) is 0 Å². The molecule has 6 aromatic rings. The van der Waals surface area contributed by atoms with Crippen molar-refractivity contribution in [1.29, 1.82) is 0 Å². The van der Waals surface area contributed by atoms with Crippen molar-refractivity contribution in [3.8, 4) is 22.6 Å². The second-order valence-electron chi connectivity index (χ2n) is 7.68. The van der Waals surface area contributed by atoms with Gasteiger partial charge in [-0.3, -0.25) is 9.20 Å². The smallest absolute Gasteiger partial charge is 0.295 e. The second-order valence-corrected chi connectivity index (χ2v) is 7.68. The third-order valence-corrected chi connectivity index (χ3v) is 5.30. The fraction of sp³-hybridized carbons (Fsp3) is 0.0417. The van der Waals surface area contributed by atoms with Gasteiger partial charge in [0, 0.05) is 17.8 Å². The number of nitrogens with zero attached hydrogens (tertiary/aromatic N) is 6. The van der Waals surface area contributed by atoms with E-state index in [1.807, 2.05) is 34.9 Å². The van der Waals surface area contributed by atoms with Gasteiger partial charge in [0.05, 0.1) is 17.6 Å². The highest BCUT2D eigenvalue weighted by Gasteiger charge is 2.19. The number of anilines is 1. The van der Waals surface area contributed by atoms with Crippen LogP contribution in [0.1, 0.15) is 16.2 Å². The number of carbonyl (C=O) groups excluding carboxylic acids is 1. The highest BCUT2D eigenvalue weighted by Crippen LogP contribution is 2.32. The Bertz CT molecular complexity index is 1680. The average Bonchev–Trinajstić information content (AvgIpc) is 3.55. The van der Waals surface area contributed by atoms with Gasteiger partial charge in [0.1, 0.15) is 22.9 Å². The van der Waals surface area contributed by atoms with Crippen molar-refractivity contribution in [3.05, 3.63) is 90.3 Å². The first-order chi connectivity index (χ1) is 16.5. The van der Waals surface area contributed by atoms with Crippen LogP contribution in [-0.2, 0) is 0 Å². The minimum atomic E-state index is -0.454. The average molecular weight is 453 g/mol. The quantitative estimate of drug-likeness (QED) is 0.425. The Balaban J connectivity index is 1.43. The van der Waals surface area contributed by atoms with Crippen LogP contribution in [0.15, 0.2) is 77.6 Å². The highest BCUT2D eigenvalue weighted by molar-refractivity contribution is 6.01. The molecule has 0 saturated carbocycles. The fourth-order valence-corrected chi connectivity index (χ4v) is 3.77. The Labute approximate surface area is 191 Å². The summed E-state index contributed by atoms with van der Waals surface area (Å²) in [6, 6.07) is 17.1. The molecule has 6 rings (SSSR count). The third-order valence-electron chi connectivity index (χ3n) is 5.30. The van der Waals surface area contributed by atoms with Gasteiger partial charge in [0.25, 0.3) is 5.91 Å². The highest BCUT2D eigenvalue weighted by atomic mass is 19.1. The molecule has 9 nitrogen and oxygen atoms in total. The Morgan fingerprint density at radius 3 is 2.68 bits per heavy atom. The molecule has 1 amide bonds. The SMILES string of the molecule is Cc1cc(C(=O)Nc2cn3nc(-c4c(-c5ccc(F)cc5)nc5ccccn45)ccc3n2)on1. The van der Waals surface area contributed by atoms with Gasteiger partial charge in [-0.05, 0) is 55.5 Å². The van der Waals surface area contributed by atoms with Gasteiger partial charge >= 0.3 is 0 Å². The lowest BCUT2D eigenvalue weighted by atomic mass is 10.1. The topological polar surface area (TPSA) is 103 Å². The molecule has 34 heavy (non-hydrogen) atoms. The largest absolute Gasteiger partial charge is 0.351 e. The van der Waals surface area contributed by atoms with E-state index < -0.39 is 5.91 Å². The Morgan fingerprint density at radius 2 is 1.88 bits per heavy atom. The zero-order valence-corrected chi connectivity index (χ0v) is 17.8. The predicted octanol–water partition coefficient (Wildman–Crippen LogP) is 4.40. The molecule has 0 saturated heterocycles. The van der Waals surface area contributed by atoms with E-state index >= 15 is 0 Å². The first-order valence-electron chi connectivity index (χ1n) is 10.4. The number of pyridine rings is 1. The lowest BCUT2D eigenvalue weighted by Gasteiger charge is -2.05. The number of benzene rings is 1. The normalized spacial score (nSPS) is 11.4. The summed E-state index contributed by atoms with van der Waals surface area (Å²) in [5.41, 5.74) is 4.71. The molecule has 0 spiro atoms. The summed E-state index contributed by atoms with van der Waals surface area (Å²) in [7, 11) is 0. The summed E-state index contributed by atoms with van der Waals surface area (Å²) in [6.07, 6.45) is 3.51. The minimum absolute atomic E-state index is 0.0953. The van der Waals surface area contributed by atoms with Crippen molar-refractivity contribution in [2.75, 3.05) is 5.32 Å². The first kappa shape index (κ1) is 19.8. The molecule has 0 atom stereocenters. The number of hydrogen-bond donors (Lipinski definition) is 1. The van der Waals surface area contributed by atoms with Crippen LogP contribution in [0, 0.1) is 12.7 Å². The van der Waals surface area contributed by atoms with Crippen molar-refractivity contribution in [1.82, 2.24) is 29.1 Å². The molecule has 0 unspecified atom stereocenters. The molecule has 0 bridgehead atoms. The summed E-state index contributed by atoms with van der Waals surface area (Å²) in [4.78, 5) is 21.5. The molecule has 0 fully saturated rings. The zero-order chi connectivity index (χ0) is 23.2. The monoisotopic (exact) mass is 453 g/mol. The number of aryl methyl sites for hydroxylation is 1. The van der Waals surface area contributed by atoms with Gasteiger partial charge < -0.3 is 9.84 Å². The molecule has 5 heterocycles. The first-order valence-corrected chi connectivity index (χ1v) is 10.4. The van der Waals surface area contributed by atoms with Crippen molar-refractivity contribution in [3.63, 3.8) is 0 Å². The van der Waals surface area contributed by atoms with Crippen molar-refractivity contribution in [2.45, 2.75) is 6.92 Å². The van der Waals surface area contributed by atoms with E-state index in [2.05, 4.69) is 15.5 Å². The van der Waals surface area contributed by atoms with Gasteiger partial charge in [0.15, 0.2) is 11.5 Å². The summed E-state index contributed by atoms with van der Waals surface area (Å²) >= 11 is 0. The number of imidazole rings is 2. The Kier molecular flexibility index (Phi) is 4.44. The van der Waals surface area contributed by atoms with Crippen molar-refractivity contribution >= 4 is 23.0 Å². The molecule has 166 valence electrons. The number of carbonyl (C=O) groups is 1. The molecule has 0 aliphatic carbocycles. The molecule has 0 aliphatic rings. The second kappa shape index (κ2) is 7.62. The van der Waals surface area contributed by atoms with Crippen LogP contribution in [-0.4, -0.2) is 35.0 Å². The third kappa shape index (κ3) is 3.37. The maximum Gasteiger partial charge on any atom is 0.295 e. The fourth-order valence-electron chi connectivity index (χ4n) is 3.77. The number of halogens is 1. The van der Waals surface area contributed by atoms with Crippen molar-refractivity contribution < 1.29 is 13.7 Å². The number of rotatable bonds is 4. The summed E-state index contributed by atoms with van der Waals surface area (Å²) < 4.78 is 22.0. The molecule has 1 aromatic carbocycles. The summed E-state index contributed by atoms with van der Waals surface area (Å²) in [5, 5.41) is 11.1. The van der Waals surface area contributed by atoms with Crippen LogP contribution in [0.3, 0.4) is 0 Å². The summed E-state index contributed by atoms with van der Waals surface area (Å²) in [5.74, 6) is -0.356. The number of hydrogen-bond acceptors (Lipinski definition) is 6. The maximum atomic E-state index is 13.5. The standard InChI is InChI=1S/C24H16FN7O2/c1-14-12-18(34-30-14)24(33)27-19-13-32-21(26-19)10-9-17(29-32)23-22(15-5-7-16(25)8-6-15)28-20-4-2-3-11-31(20)23/h2-13H,1H3,(H,27,33). The minimum Gasteiger partial charge on any atom is -0.351 e.